The van der Waals surface area contributed by atoms with Gasteiger partial charge in [-0.3, -0.25) is 4.79 Å². The van der Waals surface area contributed by atoms with Crippen molar-refractivity contribution in [3.8, 4) is 5.88 Å². The van der Waals surface area contributed by atoms with E-state index in [2.05, 4.69) is 4.98 Å². The maximum Gasteiger partial charge on any atom is 0.417 e. The van der Waals surface area contributed by atoms with E-state index < -0.39 is 43.6 Å². The van der Waals surface area contributed by atoms with Crippen LogP contribution in [0.3, 0.4) is 0 Å². The molecule has 22 heavy (non-hydrogen) atoms. The van der Waals surface area contributed by atoms with Gasteiger partial charge >= 0.3 is 12.1 Å². The molecule has 124 valence electrons. The summed E-state index contributed by atoms with van der Waals surface area (Å²) in [6.07, 6.45) is -5.13. The summed E-state index contributed by atoms with van der Waals surface area (Å²) in [4.78, 5) is 13.1. The summed E-state index contributed by atoms with van der Waals surface area (Å²) in [7, 11) is 0.575. The maximum atomic E-state index is 12.6. The van der Waals surface area contributed by atoms with Gasteiger partial charge in [0.25, 0.3) is 9.05 Å². The predicted molar refractivity (Wildman–Crippen MR) is 69.0 cm³/mol. The number of aromatic nitrogens is 1. The molecule has 0 aliphatic heterocycles. The normalized spacial score (nSPS) is 13.5. The molecule has 1 heterocycles. The number of alkyl halides is 3. The molecule has 11 heteroatoms. The number of nitrogens with zero attached hydrogens (tertiary/aromatic N) is 1. The first-order chi connectivity index (χ1) is 9.91. The monoisotopic (exact) mass is 361 g/mol. The van der Waals surface area contributed by atoms with Gasteiger partial charge in [0.15, 0.2) is 0 Å². The van der Waals surface area contributed by atoms with Gasteiger partial charge in [0.2, 0.25) is 5.88 Å². The number of ether oxygens (including phenoxy) is 2. The molecule has 6 nitrogen and oxygen atoms in total. The highest BCUT2D eigenvalue weighted by Gasteiger charge is 2.34. The zero-order valence-electron chi connectivity index (χ0n) is 11.3. The first-order valence-corrected chi connectivity index (χ1v) is 8.04. The Hall–Kier alpha value is -1.55. The Balaban J connectivity index is 3.07. The van der Waals surface area contributed by atoms with Gasteiger partial charge in [-0.25, -0.2) is 13.4 Å². The fraction of sp³-hybridized carbons (Fsp3) is 0.455. The lowest BCUT2D eigenvalue weighted by Crippen LogP contribution is -2.21. The molecule has 0 bridgehead atoms. The summed E-state index contributed by atoms with van der Waals surface area (Å²) in [6, 6.07) is 0.321. The largest absolute Gasteiger partial charge is 0.473 e. The predicted octanol–water partition coefficient (Wildman–Crippen LogP) is 2.36. The van der Waals surface area contributed by atoms with Crippen LogP contribution >= 0.6 is 10.7 Å². The van der Waals surface area contributed by atoms with Crippen LogP contribution in [-0.2, 0) is 24.8 Å². The molecule has 0 unspecified atom stereocenters. The number of carbonyl (C=O) groups is 1. The minimum atomic E-state index is -4.78. The van der Waals surface area contributed by atoms with Crippen molar-refractivity contribution in [2.75, 3.05) is 6.61 Å². The van der Waals surface area contributed by atoms with Crippen LogP contribution in [-0.4, -0.2) is 32.1 Å². The zero-order chi connectivity index (χ0) is 17.1. The summed E-state index contributed by atoms with van der Waals surface area (Å²) in [5, 5.41) is 0. The summed E-state index contributed by atoms with van der Waals surface area (Å²) in [6.45, 7) is 2.29. The van der Waals surface area contributed by atoms with E-state index in [0.29, 0.717) is 12.3 Å². The Bertz CT molecular complexity index is 662. The molecule has 0 fully saturated rings. The first-order valence-electron chi connectivity index (χ1n) is 5.73. The van der Waals surface area contributed by atoms with E-state index in [9.17, 15) is 26.4 Å². The lowest BCUT2D eigenvalue weighted by Gasteiger charge is -2.15. The number of pyridine rings is 1. The number of carbonyl (C=O) groups excluding carboxylic acids is 1. The second-order valence-electron chi connectivity index (χ2n) is 4.19. The number of hydrogen-bond acceptors (Lipinski definition) is 6. The third kappa shape index (κ3) is 5.34. The van der Waals surface area contributed by atoms with Crippen molar-refractivity contribution in [3.63, 3.8) is 0 Å². The third-order valence-corrected chi connectivity index (χ3v) is 3.55. The summed E-state index contributed by atoms with van der Waals surface area (Å²) < 4.78 is 70.1. The Morgan fingerprint density at radius 1 is 1.45 bits per heavy atom. The van der Waals surface area contributed by atoms with Crippen LogP contribution < -0.4 is 4.74 Å². The van der Waals surface area contributed by atoms with Crippen molar-refractivity contribution in [1.29, 1.82) is 0 Å². The van der Waals surface area contributed by atoms with Crippen molar-refractivity contribution < 1.29 is 35.9 Å². The smallest absolute Gasteiger partial charge is 0.417 e. The van der Waals surface area contributed by atoms with Crippen LogP contribution in [0, 0.1) is 0 Å². The van der Waals surface area contributed by atoms with Gasteiger partial charge in [-0.1, -0.05) is 0 Å². The second-order valence-corrected chi connectivity index (χ2v) is 6.73. The van der Waals surface area contributed by atoms with E-state index in [-0.39, 0.29) is 6.61 Å². The molecule has 0 saturated carbocycles. The second kappa shape index (κ2) is 6.69. The molecule has 0 radical (unpaired) electrons. The van der Waals surface area contributed by atoms with E-state index in [1.807, 2.05) is 0 Å². The van der Waals surface area contributed by atoms with Crippen LogP contribution in [0.4, 0.5) is 13.2 Å². The minimum Gasteiger partial charge on any atom is -0.473 e. The number of esters is 1. The molecule has 0 saturated heterocycles. The number of halogens is 4. The Labute approximate surface area is 128 Å². The standard InChI is InChI=1S/C11H11ClF3NO5S/c1-6(21-7(2)17)5-20-10-9(22(12,18)19)3-8(4-16-10)11(13,14)15/h3-4,6H,5H2,1-2H3/t6-/m1/s1. The SMILES string of the molecule is CC(=O)O[C@H](C)COc1ncc(C(F)(F)F)cc1S(=O)(=O)Cl. The van der Waals surface area contributed by atoms with E-state index in [4.69, 9.17) is 20.2 Å². The van der Waals surface area contributed by atoms with Gasteiger partial charge in [0.05, 0.1) is 5.56 Å². The molecule has 0 aromatic carbocycles. The topological polar surface area (TPSA) is 82.6 Å². The van der Waals surface area contributed by atoms with Crippen molar-refractivity contribution in [3.05, 3.63) is 17.8 Å². The third-order valence-electron chi connectivity index (χ3n) is 2.23. The van der Waals surface area contributed by atoms with Crippen LogP contribution in [0.5, 0.6) is 5.88 Å². The van der Waals surface area contributed by atoms with Crippen LogP contribution in [0.2, 0.25) is 0 Å². The van der Waals surface area contributed by atoms with Gasteiger partial charge in [0, 0.05) is 23.8 Å². The van der Waals surface area contributed by atoms with Crippen LogP contribution in [0.25, 0.3) is 0 Å². The lowest BCUT2D eigenvalue weighted by atomic mass is 10.3. The summed E-state index contributed by atoms with van der Waals surface area (Å²) >= 11 is 0. The quantitative estimate of drug-likeness (QED) is 0.591. The lowest BCUT2D eigenvalue weighted by molar-refractivity contribution is -0.147. The van der Waals surface area contributed by atoms with Gasteiger partial charge in [-0.05, 0) is 13.0 Å². The Morgan fingerprint density at radius 2 is 2.05 bits per heavy atom. The summed E-state index contributed by atoms with van der Waals surface area (Å²) in [5.74, 6) is -1.20. The molecular formula is C11H11ClF3NO5S. The molecule has 0 N–H and O–H groups in total. The molecule has 0 aliphatic carbocycles. The molecule has 1 atom stereocenters. The molecule has 1 aromatic heterocycles. The molecular weight excluding hydrogens is 351 g/mol. The highest BCUT2D eigenvalue weighted by Crippen LogP contribution is 2.34. The zero-order valence-corrected chi connectivity index (χ0v) is 12.9. The average molecular weight is 362 g/mol. The molecule has 0 aliphatic rings. The summed E-state index contributed by atoms with van der Waals surface area (Å²) in [5.41, 5.74) is -1.29. The van der Waals surface area contributed by atoms with E-state index in [1.165, 1.54) is 6.92 Å². The van der Waals surface area contributed by atoms with Crippen molar-refractivity contribution in [2.45, 2.75) is 31.0 Å². The van der Waals surface area contributed by atoms with E-state index >= 15 is 0 Å². The number of hydrogen-bond donors (Lipinski definition) is 0. The highest BCUT2D eigenvalue weighted by atomic mass is 35.7. The van der Waals surface area contributed by atoms with Crippen molar-refractivity contribution in [1.82, 2.24) is 4.98 Å². The highest BCUT2D eigenvalue weighted by molar-refractivity contribution is 8.13. The van der Waals surface area contributed by atoms with Crippen molar-refractivity contribution >= 4 is 25.7 Å². The van der Waals surface area contributed by atoms with Gasteiger partial charge in [-0.2, -0.15) is 13.2 Å². The Kier molecular flexibility index (Phi) is 5.63. The van der Waals surface area contributed by atoms with Crippen LogP contribution in [0.1, 0.15) is 19.4 Å². The number of rotatable bonds is 5. The van der Waals surface area contributed by atoms with Crippen molar-refractivity contribution in [2.24, 2.45) is 0 Å². The molecule has 0 amide bonds. The molecule has 1 rings (SSSR count). The average Bonchev–Trinajstić information content (AvgIpc) is 2.33. The minimum absolute atomic E-state index is 0.308. The van der Waals surface area contributed by atoms with E-state index in [1.54, 1.807) is 0 Å². The first kappa shape index (κ1) is 18.5. The van der Waals surface area contributed by atoms with Gasteiger partial charge in [-0.15, -0.1) is 0 Å². The molecule has 0 spiro atoms. The van der Waals surface area contributed by atoms with Gasteiger partial charge in [0.1, 0.15) is 17.6 Å². The van der Waals surface area contributed by atoms with E-state index in [0.717, 1.165) is 6.92 Å². The fourth-order valence-corrected chi connectivity index (χ4v) is 2.30. The van der Waals surface area contributed by atoms with Gasteiger partial charge < -0.3 is 9.47 Å². The molecule has 1 aromatic rings. The fourth-order valence-electron chi connectivity index (χ4n) is 1.38. The Morgan fingerprint density at radius 3 is 2.50 bits per heavy atom. The maximum absolute atomic E-state index is 12.6. The van der Waals surface area contributed by atoms with Crippen LogP contribution in [0.15, 0.2) is 17.2 Å².